The van der Waals surface area contributed by atoms with Gasteiger partial charge in [0.1, 0.15) is 17.8 Å². The van der Waals surface area contributed by atoms with Crippen molar-refractivity contribution in [3.63, 3.8) is 0 Å². The van der Waals surface area contributed by atoms with Crippen molar-refractivity contribution in [2.45, 2.75) is 81.8 Å². The van der Waals surface area contributed by atoms with Crippen LogP contribution in [0.25, 0.3) is 20.8 Å². The third-order valence-electron chi connectivity index (χ3n) is 8.61. The van der Waals surface area contributed by atoms with Gasteiger partial charge in [-0.1, -0.05) is 17.3 Å². The molecule has 5 atom stereocenters. The second kappa shape index (κ2) is 13.0. The number of hydrogen-bond acceptors (Lipinski definition) is 10. The number of nitrogens with one attached hydrogen (secondary N) is 2. The van der Waals surface area contributed by atoms with Crippen molar-refractivity contribution in [1.29, 1.82) is 0 Å². The topological polar surface area (TPSA) is 131 Å². The van der Waals surface area contributed by atoms with Crippen LogP contribution < -0.4 is 15.4 Å². The van der Waals surface area contributed by atoms with E-state index in [4.69, 9.17) is 9.26 Å². The Morgan fingerprint density at radius 1 is 1.28 bits per heavy atom. The molecule has 2 bridgehead atoms. The number of rotatable bonds is 11. The number of ether oxygens (including phenoxy) is 1. The summed E-state index contributed by atoms with van der Waals surface area (Å²) in [6.07, 6.45) is -8.66. The Bertz CT molecular complexity index is 1740. The zero-order chi connectivity index (χ0) is 33.6. The van der Waals surface area contributed by atoms with Crippen molar-refractivity contribution < 1.29 is 45.5 Å². The van der Waals surface area contributed by atoms with Crippen LogP contribution in [0.5, 0.6) is 5.88 Å². The van der Waals surface area contributed by atoms with Crippen LogP contribution >= 0.6 is 11.3 Å². The predicted molar refractivity (Wildman–Crippen MR) is 158 cm³/mol. The van der Waals surface area contributed by atoms with Gasteiger partial charge in [0.05, 0.1) is 47.9 Å². The number of piperidine rings is 1. The highest BCUT2D eigenvalue weighted by atomic mass is 32.1. The molecule has 1 amide bonds. The number of thiophene rings is 1. The molecule has 3 aromatic heterocycles. The van der Waals surface area contributed by atoms with Crippen LogP contribution in [0.4, 0.5) is 32.0 Å². The van der Waals surface area contributed by atoms with Gasteiger partial charge in [-0.25, -0.2) is 13.2 Å². The zero-order valence-electron chi connectivity index (χ0n) is 25.1. The number of methoxy groups -OCH3 is 1. The molecular weight excluding hydrogens is 656 g/mol. The van der Waals surface area contributed by atoms with Gasteiger partial charge >= 0.3 is 6.18 Å². The van der Waals surface area contributed by atoms with E-state index in [2.05, 4.69) is 30.8 Å². The molecule has 6 rings (SSSR count). The van der Waals surface area contributed by atoms with Crippen LogP contribution in [-0.2, 0) is 19.5 Å². The SMILES string of the molecule is COc1nn(CC(O)C(F)F)cc1C(=O)NCc1nc(-c2sc3c(N[C@@H]4C[C@H]5CC[C@@H]([C@@H]4F)N5C)cccc3c2CC(F)(F)F)no1. The van der Waals surface area contributed by atoms with Crippen LogP contribution in [0.2, 0.25) is 0 Å². The quantitative estimate of drug-likeness (QED) is 0.191. The monoisotopic (exact) mass is 687 g/mol. The fourth-order valence-corrected chi connectivity index (χ4v) is 7.55. The van der Waals surface area contributed by atoms with E-state index in [0.717, 1.165) is 35.1 Å². The van der Waals surface area contributed by atoms with Gasteiger partial charge in [0.2, 0.25) is 17.6 Å². The first-order valence-corrected chi connectivity index (χ1v) is 15.6. The molecule has 2 fully saturated rings. The summed E-state index contributed by atoms with van der Waals surface area (Å²) >= 11 is 1.03. The first kappa shape index (κ1) is 33.0. The van der Waals surface area contributed by atoms with Crippen molar-refractivity contribution in [3.8, 4) is 16.6 Å². The molecule has 1 aromatic carbocycles. The minimum absolute atomic E-state index is 0.0547. The number of hydrogen-bond donors (Lipinski definition) is 3. The van der Waals surface area contributed by atoms with Gasteiger partial charge in [-0.3, -0.25) is 14.4 Å². The minimum atomic E-state index is -4.56. The third kappa shape index (κ3) is 6.76. The lowest BCUT2D eigenvalue weighted by Crippen LogP contribution is -2.53. The summed E-state index contributed by atoms with van der Waals surface area (Å²) in [7, 11) is 3.14. The van der Waals surface area contributed by atoms with Gasteiger partial charge in [0, 0.05) is 18.3 Å². The summed E-state index contributed by atoms with van der Waals surface area (Å²) in [6, 6.07) is 4.44. The van der Waals surface area contributed by atoms with Gasteiger partial charge < -0.3 is 25.0 Å². The Balaban J connectivity index is 1.23. The third-order valence-corrected chi connectivity index (χ3v) is 9.89. The smallest absolute Gasteiger partial charge is 0.393 e. The van der Waals surface area contributed by atoms with Crippen molar-refractivity contribution in [2.75, 3.05) is 19.5 Å². The molecule has 5 heterocycles. The summed E-state index contributed by atoms with van der Waals surface area (Å²) in [5, 5.41) is 23.3. The lowest BCUT2D eigenvalue weighted by Gasteiger charge is -2.39. The number of halogens is 6. The molecule has 0 radical (unpaired) electrons. The van der Waals surface area contributed by atoms with Gasteiger partial charge in [-0.05, 0) is 43.3 Å². The van der Waals surface area contributed by atoms with E-state index in [1.807, 2.05) is 7.05 Å². The molecule has 254 valence electrons. The lowest BCUT2D eigenvalue weighted by atomic mass is 9.95. The highest BCUT2D eigenvalue weighted by Gasteiger charge is 2.46. The average molecular weight is 688 g/mol. The maximum Gasteiger partial charge on any atom is 0.393 e. The number of benzene rings is 1. The van der Waals surface area contributed by atoms with E-state index in [1.165, 1.54) is 7.11 Å². The normalized spacial score (nSPS) is 22.3. The van der Waals surface area contributed by atoms with E-state index in [9.17, 15) is 31.9 Å². The molecule has 3 N–H and O–H groups in total. The molecule has 0 spiro atoms. The van der Waals surface area contributed by atoms with E-state index >= 15 is 4.39 Å². The second-order valence-electron chi connectivity index (χ2n) is 11.6. The molecule has 2 aliphatic rings. The summed E-state index contributed by atoms with van der Waals surface area (Å²) in [4.78, 5) is 19.2. The maximum atomic E-state index is 15.4. The zero-order valence-corrected chi connectivity index (χ0v) is 25.9. The number of alkyl halides is 6. The van der Waals surface area contributed by atoms with Crippen molar-refractivity contribution in [1.82, 2.24) is 30.1 Å². The number of aromatic nitrogens is 4. The van der Waals surface area contributed by atoms with Crippen LogP contribution in [0.15, 0.2) is 28.9 Å². The summed E-state index contributed by atoms with van der Waals surface area (Å²) in [5.74, 6) is -1.17. The first-order chi connectivity index (χ1) is 22.3. The molecule has 1 unspecified atom stereocenters. The first-order valence-electron chi connectivity index (χ1n) is 14.8. The molecule has 18 heteroatoms. The Morgan fingerprint density at radius 2 is 2.06 bits per heavy atom. The number of fused-ring (bicyclic) bond motifs is 3. The van der Waals surface area contributed by atoms with E-state index in [-0.39, 0.29) is 52.2 Å². The van der Waals surface area contributed by atoms with Gasteiger partial charge in [0.25, 0.3) is 12.3 Å². The second-order valence-corrected chi connectivity index (χ2v) is 12.7. The number of nitrogens with zero attached hydrogens (tertiary/aromatic N) is 5. The number of aliphatic hydroxyl groups is 1. The molecule has 0 saturated carbocycles. The number of anilines is 1. The van der Waals surface area contributed by atoms with Crippen molar-refractivity contribution >= 4 is 33.0 Å². The van der Waals surface area contributed by atoms with Gasteiger partial charge in [0.15, 0.2) is 0 Å². The molecule has 4 aromatic rings. The van der Waals surface area contributed by atoms with Crippen molar-refractivity contribution in [2.24, 2.45) is 0 Å². The highest BCUT2D eigenvalue weighted by molar-refractivity contribution is 7.23. The van der Waals surface area contributed by atoms with Crippen LogP contribution in [-0.4, -0.2) is 93.0 Å². The Morgan fingerprint density at radius 3 is 2.79 bits per heavy atom. The van der Waals surface area contributed by atoms with Crippen LogP contribution in [0.1, 0.15) is 41.1 Å². The number of aliphatic hydroxyl groups excluding tert-OH is 1. The maximum absolute atomic E-state index is 15.4. The molecule has 0 aliphatic carbocycles. The van der Waals surface area contributed by atoms with E-state index in [0.29, 0.717) is 22.2 Å². The number of amides is 1. The van der Waals surface area contributed by atoms with Crippen LogP contribution in [0, 0.1) is 0 Å². The highest BCUT2D eigenvalue weighted by Crippen LogP contribution is 2.45. The Kier molecular flexibility index (Phi) is 9.10. The molecule has 11 nitrogen and oxygen atoms in total. The molecular formula is C29H31F6N7O4S. The summed E-state index contributed by atoms with van der Waals surface area (Å²) in [6.45, 7) is -0.920. The molecule has 2 saturated heterocycles. The minimum Gasteiger partial charge on any atom is -0.479 e. The van der Waals surface area contributed by atoms with Crippen molar-refractivity contribution in [3.05, 3.63) is 41.4 Å². The number of carbonyl (C=O) groups is 1. The fourth-order valence-electron chi connectivity index (χ4n) is 6.32. The van der Waals surface area contributed by atoms with Gasteiger partial charge in [-0.2, -0.15) is 18.2 Å². The van der Waals surface area contributed by atoms with E-state index < -0.39 is 49.8 Å². The molecule has 47 heavy (non-hydrogen) atoms. The Hall–Kier alpha value is -3.90. The standard InChI is InChI=1S/C29H31F6N7O4S/c1-41-13-6-7-19(41)22(30)18(8-13)37-17-5-3-4-14-15(9-29(33,34)35)24(47-23(14)17)26-38-21(46-40-26)10-36-27(44)16-11-42(39-28(16)45-2)12-20(43)25(31)32/h3-5,11,13,18-20,22,25,37,43H,6-10,12H2,1-2H3,(H,36,44)/t13-,18-,19+,20?,22-/m1/s1. The average Bonchev–Trinajstić information content (AvgIpc) is 3.79. The summed E-state index contributed by atoms with van der Waals surface area (Å²) in [5.41, 5.74) is 0.338. The lowest BCUT2D eigenvalue weighted by molar-refractivity contribution is -0.126. The molecule has 2 aliphatic heterocycles. The van der Waals surface area contributed by atoms with Gasteiger partial charge in [-0.15, -0.1) is 16.4 Å². The van der Waals surface area contributed by atoms with Crippen LogP contribution in [0.3, 0.4) is 0 Å². The largest absolute Gasteiger partial charge is 0.479 e. The Labute approximate surface area is 267 Å². The summed E-state index contributed by atoms with van der Waals surface area (Å²) < 4.78 is 94.0. The number of carbonyl (C=O) groups excluding carboxylic acids is 1. The predicted octanol–water partition coefficient (Wildman–Crippen LogP) is 4.80. The fraction of sp³-hybridized carbons (Fsp3) is 0.517. The van der Waals surface area contributed by atoms with E-state index in [1.54, 1.807) is 18.2 Å².